The third-order valence-corrected chi connectivity index (χ3v) is 5.94. The predicted octanol–water partition coefficient (Wildman–Crippen LogP) is 4.47. The van der Waals surface area contributed by atoms with E-state index in [2.05, 4.69) is 10.0 Å². The summed E-state index contributed by atoms with van der Waals surface area (Å²) in [5, 5.41) is 2.94. The van der Waals surface area contributed by atoms with Crippen molar-refractivity contribution in [1.29, 1.82) is 0 Å². The number of halogens is 1. The monoisotopic (exact) mass is 444 g/mol. The highest BCUT2D eigenvalue weighted by Gasteiger charge is 2.16. The van der Waals surface area contributed by atoms with Gasteiger partial charge in [0.05, 0.1) is 27.8 Å². The number of sulfonamides is 1. The molecule has 0 saturated heterocycles. The van der Waals surface area contributed by atoms with E-state index in [9.17, 15) is 13.2 Å². The number of anilines is 1. The lowest BCUT2D eigenvalue weighted by Crippen LogP contribution is -2.23. The molecule has 0 fully saturated rings. The van der Waals surface area contributed by atoms with Crippen LogP contribution in [0.5, 0.6) is 5.75 Å². The van der Waals surface area contributed by atoms with Gasteiger partial charge in [-0.05, 0) is 43.3 Å². The number of hydrogen-bond acceptors (Lipinski definition) is 4. The van der Waals surface area contributed by atoms with E-state index in [1.54, 1.807) is 18.2 Å². The van der Waals surface area contributed by atoms with Gasteiger partial charge < -0.3 is 10.1 Å². The van der Waals surface area contributed by atoms with E-state index in [-0.39, 0.29) is 33.6 Å². The summed E-state index contributed by atoms with van der Waals surface area (Å²) >= 11 is 6.24. The Morgan fingerprint density at radius 3 is 2.40 bits per heavy atom. The molecule has 1 amide bonds. The van der Waals surface area contributed by atoms with Crippen LogP contribution in [0.4, 0.5) is 5.69 Å². The first-order valence-corrected chi connectivity index (χ1v) is 11.1. The smallest absolute Gasteiger partial charge is 0.261 e. The van der Waals surface area contributed by atoms with Gasteiger partial charge in [-0.2, -0.15) is 0 Å². The quantitative estimate of drug-likeness (QED) is 0.536. The standard InChI is InChI=1S/C22H21ClN2O4S/c1-2-29-21-11-7-6-8-16(21)15-24-22(26)19-13-12-17(14-20(19)23)25-30(27,28)18-9-4-3-5-10-18/h3-14,25H,2,15H2,1H3,(H,24,26). The van der Waals surface area contributed by atoms with Gasteiger partial charge >= 0.3 is 0 Å². The normalized spacial score (nSPS) is 11.0. The molecule has 0 aromatic heterocycles. The zero-order valence-electron chi connectivity index (χ0n) is 16.3. The van der Waals surface area contributed by atoms with Crippen molar-refractivity contribution < 1.29 is 17.9 Å². The van der Waals surface area contributed by atoms with Crippen LogP contribution in [0.1, 0.15) is 22.8 Å². The molecule has 2 N–H and O–H groups in total. The lowest BCUT2D eigenvalue weighted by molar-refractivity contribution is 0.0951. The van der Waals surface area contributed by atoms with E-state index >= 15 is 0 Å². The van der Waals surface area contributed by atoms with Gasteiger partial charge in [-0.1, -0.05) is 48.0 Å². The van der Waals surface area contributed by atoms with Gasteiger partial charge in [0.1, 0.15) is 5.75 Å². The summed E-state index contributed by atoms with van der Waals surface area (Å²) < 4.78 is 32.9. The maximum absolute atomic E-state index is 12.6. The summed E-state index contributed by atoms with van der Waals surface area (Å²) in [5.41, 5.74) is 1.35. The molecule has 3 aromatic rings. The molecular formula is C22H21ClN2O4S. The minimum Gasteiger partial charge on any atom is -0.494 e. The SMILES string of the molecule is CCOc1ccccc1CNC(=O)c1ccc(NS(=O)(=O)c2ccccc2)cc1Cl. The fourth-order valence-corrected chi connectivity index (χ4v) is 4.13. The van der Waals surface area contributed by atoms with Crippen molar-refractivity contribution >= 4 is 33.2 Å². The number of hydrogen-bond donors (Lipinski definition) is 2. The van der Waals surface area contributed by atoms with Crippen LogP contribution >= 0.6 is 11.6 Å². The summed E-state index contributed by atoms with van der Waals surface area (Å²) in [6, 6.07) is 19.8. The molecule has 30 heavy (non-hydrogen) atoms. The lowest BCUT2D eigenvalue weighted by atomic mass is 10.1. The van der Waals surface area contributed by atoms with Crippen LogP contribution in [0.15, 0.2) is 77.7 Å². The highest BCUT2D eigenvalue weighted by molar-refractivity contribution is 7.92. The number of para-hydroxylation sites is 1. The Morgan fingerprint density at radius 1 is 1.00 bits per heavy atom. The third-order valence-electron chi connectivity index (χ3n) is 4.23. The van der Waals surface area contributed by atoms with Crippen molar-refractivity contribution in [3.8, 4) is 5.75 Å². The van der Waals surface area contributed by atoms with Gasteiger partial charge in [0.2, 0.25) is 0 Å². The molecule has 8 heteroatoms. The third kappa shape index (κ3) is 5.31. The maximum Gasteiger partial charge on any atom is 0.261 e. The first kappa shape index (κ1) is 21.7. The van der Waals surface area contributed by atoms with Crippen LogP contribution in [0.3, 0.4) is 0 Å². The Bertz CT molecular complexity index is 1130. The van der Waals surface area contributed by atoms with Crippen LogP contribution in [-0.4, -0.2) is 20.9 Å². The van der Waals surface area contributed by atoms with Crippen molar-refractivity contribution in [2.45, 2.75) is 18.4 Å². The molecule has 0 aliphatic heterocycles. The van der Waals surface area contributed by atoms with E-state index in [0.717, 1.165) is 5.56 Å². The van der Waals surface area contributed by atoms with Crippen LogP contribution in [-0.2, 0) is 16.6 Å². The summed E-state index contributed by atoms with van der Waals surface area (Å²) in [5.74, 6) is 0.334. The molecule has 6 nitrogen and oxygen atoms in total. The van der Waals surface area contributed by atoms with Gasteiger partial charge in [-0.3, -0.25) is 9.52 Å². The van der Waals surface area contributed by atoms with Crippen molar-refractivity contribution in [2.24, 2.45) is 0 Å². The van der Waals surface area contributed by atoms with Crippen LogP contribution in [0, 0.1) is 0 Å². The second-order valence-corrected chi connectivity index (χ2v) is 8.43. The van der Waals surface area contributed by atoms with Gasteiger partial charge in [0, 0.05) is 12.1 Å². The molecule has 0 aliphatic carbocycles. The van der Waals surface area contributed by atoms with E-state index in [0.29, 0.717) is 12.4 Å². The molecule has 0 unspecified atom stereocenters. The summed E-state index contributed by atoms with van der Waals surface area (Å²) in [6.07, 6.45) is 0. The first-order chi connectivity index (χ1) is 14.4. The molecule has 0 atom stereocenters. The predicted molar refractivity (Wildman–Crippen MR) is 117 cm³/mol. The Labute approximate surface area is 180 Å². The van der Waals surface area contributed by atoms with Crippen molar-refractivity contribution in [2.75, 3.05) is 11.3 Å². The molecule has 0 saturated carbocycles. The lowest BCUT2D eigenvalue weighted by Gasteiger charge is -2.12. The average Bonchev–Trinajstić information content (AvgIpc) is 2.73. The number of ether oxygens (including phenoxy) is 1. The van der Waals surface area contributed by atoms with E-state index in [1.807, 2.05) is 31.2 Å². The van der Waals surface area contributed by atoms with E-state index in [1.165, 1.54) is 30.3 Å². The van der Waals surface area contributed by atoms with Gasteiger partial charge in [0.15, 0.2) is 0 Å². The molecule has 0 aliphatic rings. The Morgan fingerprint density at radius 2 is 1.70 bits per heavy atom. The number of carbonyl (C=O) groups is 1. The van der Waals surface area contributed by atoms with Crippen LogP contribution in [0.25, 0.3) is 0 Å². The number of benzene rings is 3. The highest BCUT2D eigenvalue weighted by Crippen LogP contribution is 2.24. The number of rotatable bonds is 8. The Hall–Kier alpha value is -3.03. The first-order valence-electron chi connectivity index (χ1n) is 9.27. The summed E-state index contributed by atoms with van der Waals surface area (Å²) in [7, 11) is -3.74. The number of carbonyl (C=O) groups excluding carboxylic acids is 1. The topological polar surface area (TPSA) is 84.5 Å². The van der Waals surface area contributed by atoms with Crippen molar-refractivity contribution in [1.82, 2.24) is 5.32 Å². The van der Waals surface area contributed by atoms with Crippen molar-refractivity contribution in [3.05, 3.63) is 88.9 Å². The molecule has 0 bridgehead atoms. The summed E-state index contributed by atoms with van der Waals surface area (Å²) in [6.45, 7) is 2.69. The second-order valence-electron chi connectivity index (χ2n) is 6.34. The number of amides is 1. The summed E-state index contributed by atoms with van der Waals surface area (Å²) in [4.78, 5) is 12.7. The van der Waals surface area contributed by atoms with Gasteiger partial charge in [-0.25, -0.2) is 8.42 Å². The molecule has 3 rings (SSSR count). The molecule has 0 heterocycles. The van der Waals surface area contributed by atoms with Gasteiger partial charge in [0.25, 0.3) is 15.9 Å². The zero-order chi connectivity index (χ0) is 21.6. The maximum atomic E-state index is 12.6. The van der Waals surface area contributed by atoms with Gasteiger partial charge in [-0.15, -0.1) is 0 Å². The molecular weight excluding hydrogens is 424 g/mol. The minimum absolute atomic E-state index is 0.135. The number of nitrogens with one attached hydrogen (secondary N) is 2. The zero-order valence-corrected chi connectivity index (χ0v) is 17.8. The van der Waals surface area contributed by atoms with E-state index < -0.39 is 10.0 Å². The van der Waals surface area contributed by atoms with E-state index in [4.69, 9.17) is 16.3 Å². The minimum atomic E-state index is -3.74. The molecule has 156 valence electrons. The molecule has 0 radical (unpaired) electrons. The van der Waals surface area contributed by atoms with Crippen molar-refractivity contribution in [3.63, 3.8) is 0 Å². The average molecular weight is 445 g/mol. The molecule has 3 aromatic carbocycles. The Kier molecular flexibility index (Phi) is 6.97. The van der Waals surface area contributed by atoms with Crippen LogP contribution < -0.4 is 14.8 Å². The Balaban J connectivity index is 1.70. The fourth-order valence-electron chi connectivity index (χ4n) is 2.79. The largest absolute Gasteiger partial charge is 0.494 e. The fraction of sp³-hybridized carbons (Fsp3) is 0.136. The second kappa shape index (κ2) is 9.65. The molecule has 0 spiro atoms. The van der Waals surface area contributed by atoms with Crippen LogP contribution in [0.2, 0.25) is 5.02 Å². The highest BCUT2D eigenvalue weighted by atomic mass is 35.5.